The first-order chi connectivity index (χ1) is 8.33. The van der Waals surface area contributed by atoms with E-state index < -0.39 is 0 Å². The lowest BCUT2D eigenvalue weighted by atomic mass is 10.0. The maximum absolute atomic E-state index is 3.83. The molecule has 0 amide bonds. The molecule has 0 aliphatic heterocycles. The number of hydrogen-bond donors (Lipinski definition) is 0. The van der Waals surface area contributed by atoms with Crippen LogP contribution in [0.2, 0.25) is 0 Å². The zero-order chi connectivity index (χ0) is 11.7. The van der Waals surface area contributed by atoms with Crippen LogP contribution >= 0.6 is 15.9 Å². The van der Waals surface area contributed by atoms with Crippen molar-refractivity contribution < 1.29 is 0 Å². The van der Waals surface area contributed by atoms with Crippen molar-refractivity contribution >= 4 is 15.9 Å². The standard InChI is InChI=1S/C16H21Br/c17-16(14-9-10-14)6-1-3-12-7-8-13-4-2-5-15(13)11-12/h7-8,11,14,16H,1-6,9-10H2. The van der Waals surface area contributed by atoms with Gasteiger partial charge in [0.1, 0.15) is 0 Å². The average Bonchev–Trinajstić information content (AvgIpc) is 3.08. The van der Waals surface area contributed by atoms with Crippen LogP contribution in [0, 0.1) is 5.92 Å². The number of benzene rings is 1. The summed E-state index contributed by atoms with van der Waals surface area (Å²) in [5.41, 5.74) is 4.78. The molecule has 92 valence electrons. The molecule has 2 aliphatic rings. The number of alkyl halides is 1. The normalized spacial score (nSPS) is 20.3. The summed E-state index contributed by atoms with van der Waals surface area (Å²) in [6.07, 6.45) is 10.8. The zero-order valence-corrected chi connectivity index (χ0v) is 12.0. The molecule has 1 saturated carbocycles. The van der Waals surface area contributed by atoms with Crippen molar-refractivity contribution in [3.8, 4) is 0 Å². The van der Waals surface area contributed by atoms with Crippen LogP contribution in [0.15, 0.2) is 18.2 Å². The molecule has 0 saturated heterocycles. The summed E-state index contributed by atoms with van der Waals surface area (Å²) in [6.45, 7) is 0. The molecular weight excluding hydrogens is 272 g/mol. The van der Waals surface area contributed by atoms with Crippen LogP contribution in [0.3, 0.4) is 0 Å². The Morgan fingerprint density at radius 3 is 2.82 bits per heavy atom. The maximum atomic E-state index is 3.83. The van der Waals surface area contributed by atoms with Gasteiger partial charge in [-0.3, -0.25) is 0 Å². The Bertz CT molecular complexity index is 393. The van der Waals surface area contributed by atoms with E-state index in [1.807, 2.05) is 0 Å². The van der Waals surface area contributed by atoms with Gasteiger partial charge in [-0.25, -0.2) is 0 Å². The van der Waals surface area contributed by atoms with Crippen LogP contribution in [0.5, 0.6) is 0 Å². The highest BCUT2D eigenvalue weighted by molar-refractivity contribution is 9.09. The van der Waals surface area contributed by atoms with Crippen LogP contribution in [0.25, 0.3) is 0 Å². The second kappa shape index (κ2) is 5.14. The van der Waals surface area contributed by atoms with Gasteiger partial charge >= 0.3 is 0 Å². The van der Waals surface area contributed by atoms with Gasteiger partial charge < -0.3 is 0 Å². The van der Waals surface area contributed by atoms with Gasteiger partial charge in [0, 0.05) is 4.83 Å². The fraction of sp³-hybridized carbons (Fsp3) is 0.625. The molecule has 3 rings (SSSR count). The van der Waals surface area contributed by atoms with Crippen molar-refractivity contribution in [1.82, 2.24) is 0 Å². The largest absolute Gasteiger partial charge is 0.0888 e. The van der Waals surface area contributed by atoms with Crippen LogP contribution in [0.1, 0.15) is 48.8 Å². The van der Waals surface area contributed by atoms with Crippen molar-refractivity contribution in [2.45, 2.75) is 56.2 Å². The van der Waals surface area contributed by atoms with Crippen molar-refractivity contribution in [1.29, 1.82) is 0 Å². The van der Waals surface area contributed by atoms with Gasteiger partial charge in [0.2, 0.25) is 0 Å². The Morgan fingerprint density at radius 2 is 2.00 bits per heavy atom. The van der Waals surface area contributed by atoms with E-state index in [1.54, 1.807) is 16.7 Å². The quantitative estimate of drug-likeness (QED) is 0.692. The zero-order valence-electron chi connectivity index (χ0n) is 10.4. The first kappa shape index (κ1) is 11.8. The Hall–Kier alpha value is -0.300. The fourth-order valence-electron chi connectivity index (χ4n) is 2.98. The molecule has 1 unspecified atom stereocenters. The van der Waals surface area contributed by atoms with Gasteiger partial charge in [-0.15, -0.1) is 0 Å². The topological polar surface area (TPSA) is 0 Å². The summed E-state index contributed by atoms with van der Waals surface area (Å²) in [5, 5.41) is 0. The smallest absolute Gasteiger partial charge is 0.0174 e. The van der Waals surface area contributed by atoms with Gasteiger partial charge in [-0.2, -0.15) is 0 Å². The lowest BCUT2D eigenvalue weighted by Gasteiger charge is -2.08. The summed E-state index contributed by atoms with van der Waals surface area (Å²) >= 11 is 3.83. The first-order valence-corrected chi connectivity index (χ1v) is 7.99. The molecular formula is C16H21Br. The average molecular weight is 293 g/mol. The molecule has 0 aromatic heterocycles. The SMILES string of the molecule is BrC(CCCc1ccc2c(c1)CCC2)C1CC1. The molecule has 0 spiro atoms. The van der Waals surface area contributed by atoms with Crippen molar-refractivity contribution in [3.05, 3.63) is 34.9 Å². The third-order valence-electron chi connectivity index (χ3n) is 4.24. The van der Waals surface area contributed by atoms with Crippen LogP contribution in [0.4, 0.5) is 0 Å². The maximum Gasteiger partial charge on any atom is 0.0174 e. The summed E-state index contributed by atoms with van der Waals surface area (Å²) < 4.78 is 0. The molecule has 0 bridgehead atoms. The second-order valence-corrected chi connectivity index (χ2v) is 6.88. The van der Waals surface area contributed by atoms with E-state index in [1.165, 1.54) is 51.4 Å². The van der Waals surface area contributed by atoms with Crippen molar-refractivity contribution in [2.24, 2.45) is 5.92 Å². The number of aryl methyl sites for hydroxylation is 3. The van der Waals surface area contributed by atoms with Crippen molar-refractivity contribution in [3.63, 3.8) is 0 Å². The lowest BCUT2D eigenvalue weighted by Crippen LogP contribution is -2.01. The molecule has 2 aliphatic carbocycles. The molecule has 1 aromatic carbocycles. The van der Waals surface area contributed by atoms with E-state index in [0.717, 1.165) is 10.7 Å². The summed E-state index contributed by atoms with van der Waals surface area (Å²) in [4.78, 5) is 0.789. The van der Waals surface area contributed by atoms with Crippen molar-refractivity contribution in [2.75, 3.05) is 0 Å². The van der Waals surface area contributed by atoms with Gasteiger partial charge in [-0.05, 0) is 74.0 Å². The number of hydrogen-bond acceptors (Lipinski definition) is 0. The minimum atomic E-state index is 0.789. The third kappa shape index (κ3) is 2.93. The summed E-state index contributed by atoms with van der Waals surface area (Å²) in [6, 6.07) is 7.18. The van der Waals surface area contributed by atoms with Crippen LogP contribution in [-0.4, -0.2) is 4.83 Å². The number of rotatable bonds is 5. The second-order valence-electron chi connectivity index (χ2n) is 5.70. The van der Waals surface area contributed by atoms with Crippen LogP contribution in [-0.2, 0) is 19.3 Å². The van der Waals surface area contributed by atoms with Gasteiger partial charge in [0.15, 0.2) is 0 Å². The molecule has 0 heterocycles. The molecule has 0 radical (unpaired) electrons. The number of halogens is 1. The number of fused-ring (bicyclic) bond motifs is 1. The Kier molecular flexibility index (Phi) is 3.56. The van der Waals surface area contributed by atoms with E-state index in [2.05, 4.69) is 34.1 Å². The van der Waals surface area contributed by atoms with E-state index >= 15 is 0 Å². The minimum Gasteiger partial charge on any atom is -0.0888 e. The van der Waals surface area contributed by atoms with E-state index in [-0.39, 0.29) is 0 Å². The molecule has 0 N–H and O–H groups in total. The fourth-order valence-corrected chi connectivity index (χ4v) is 3.83. The van der Waals surface area contributed by atoms with E-state index in [4.69, 9.17) is 0 Å². The molecule has 1 aromatic rings. The Labute approximate surface area is 113 Å². The molecule has 17 heavy (non-hydrogen) atoms. The first-order valence-electron chi connectivity index (χ1n) is 7.07. The van der Waals surface area contributed by atoms with Gasteiger partial charge in [0.05, 0.1) is 0 Å². The van der Waals surface area contributed by atoms with E-state index in [9.17, 15) is 0 Å². The Morgan fingerprint density at radius 1 is 1.18 bits per heavy atom. The van der Waals surface area contributed by atoms with Gasteiger partial charge in [-0.1, -0.05) is 34.1 Å². The minimum absolute atomic E-state index is 0.789. The molecule has 1 heteroatoms. The lowest BCUT2D eigenvalue weighted by molar-refractivity contribution is 0.653. The third-order valence-corrected chi connectivity index (χ3v) is 5.45. The van der Waals surface area contributed by atoms with Gasteiger partial charge in [0.25, 0.3) is 0 Å². The van der Waals surface area contributed by atoms with Crippen LogP contribution < -0.4 is 0 Å². The molecule has 1 atom stereocenters. The molecule has 1 fully saturated rings. The highest BCUT2D eigenvalue weighted by atomic mass is 79.9. The highest BCUT2D eigenvalue weighted by Crippen LogP contribution is 2.38. The summed E-state index contributed by atoms with van der Waals surface area (Å²) in [5.74, 6) is 0.995. The predicted molar refractivity (Wildman–Crippen MR) is 76.8 cm³/mol. The highest BCUT2D eigenvalue weighted by Gasteiger charge is 2.28. The van der Waals surface area contributed by atoms with E-state index in [0.29, 0.717) is 0 Å². The Balaban J connectivity index is 1.51. The molecule has 0 nitrogen and oxygen atoms in total. The summed E-state index contributed by atoms with van der Waals surface area (Å²) in [7, 11) is 0. The predicted octanol–water partition coefficient (Wildman–Crippen LogP) is 4.67. The monoisotopic (exact) mass is 292 g/mol.